The van der Waals surface area contributed by atoms with Crippen molar-refractivity contribution in [1.29, 1.82) is 0 Å². The summed E-state index contributed by atoms with van der Waals surface area (Å²) in [5.41, 5.74) is 2.88. The van der Waals surface area contributed by atoms with E-state index in [-0.39, 0.29) is 12.4 Å². The third kappa shape index (κ3) is 4.83. The molecule has 0 amide bonds. The molecule has 0 radical (unpaired) electrons. The topological polar surface area (TPSA) is 30.8 Å². The van der Waals surface area contributed by atoms with Crippen molar-refractivity contribution in [2.24, 2.45) is 4.99 Å². The fourth-order valence-electron chi connectivity index (χ4n) is 2.53. The minimum atomic E-state index is -0.335. The van der Waals surface area contributed by atoms with Gasteiger partial charge in [0.15, 0.2) is 11.5 Å². The molecular weight excluding hydrogens is 400 g/mol. The summed E-state index contributed by atoms with van der Waals surface area (Å²) in [4.78, 5) is 4.42. The summed E-state index contributed by atoms with van der Waals surface area (Å²) in [5.74, 6) is 0.452. The Bertz CT molecular complexity index is 1020. The highest BCUT2D eigenvalue weighted by Gasteiger charge is 2.13. The molecule has 0 saturated heterocycles. The molecule has 0 atom stereocenters. The largest absolute Gasteiger partial charge is 0.493 e. The van der Waals surface area contributed by atoms with Gasteiger partial charge in [-0.05, 0) is 48.4 Å². The van der Waals surface area contributed by atoms with Crippen molar-refractivity contribution in [2.45, 2.75) is 13.5 Å². The third-order valence-corrected chi connectivity index (χ3v) is 4.79. The van der Waals surface area contributed by atoms with E-state index in [9.17, 15) is 4.39 Å². The Labute approximate surface area is 173 Å². The predicted octanol–water partition coefficient (Wildman–Crippen LogP) is 6.78. The van der Waals surface area contributed by atoms with Crippen LogP contribution < -0.4 is 9.47 Å². The first kappa shape index (κ1) is 20.2. The lowest BCUT2D eigenvalue weighted by molar-refractivity contribution is 0.280. The molecule has 3 aromatic carbocycles. The molecule has 0 aliphatic carbocycles. The van der Waals surface area contributed by atoms with E-state index in [1.807, 2.05) is 19.1 Å². The zero-order valence-corrected chi connectivity index (χ0v) is 16.9. The standard InChI is InChI=1S/C22H18Cl2FNO2/c1-14-7-8-17(11-18(14)23)26-12-15-9-19(24)22(21(10-15)27-2)28-13-16-5-3-4-6-20(16)25/h3-12H,13H2,1-2H3. The fraction of sp³-hybridized carbons (Fsp3) is 0.136. The molecule has 0 aliphatic rings. The lowest BCUT2D eigenvalue weighted by Crippen LogP contribution is -2.01. The van der Waals surface area contributed by atoms with Gasteiger partial charge in [-0.1, -0.05) is 47.5 Å². The average molecular weight is 418 g/mol. The summed E-state index contributed by atoms with van der Waals surface area (Å²) >= 11 is 12.5. The van der Waals surface area contributed by atoms with Crippen molar-refractivity contribution >= 4 is 35.1 Å². The second-order valence-corrected chi connectivity index (χ2v) is 6.92. The van der Waals surface area contributed by atoms with Gasteiger partial charge in [0.25, 0.3) is 0 Å². The minimum Gasteiger partial charge on any atom is -0.493 e. The van der Waals surface area contributed by atoms with Gasteiger partial charge < -0.3 is 9.47 Å². The smallest absolute Gasteiger partial charge is 0.180 e. The number of hydrogen-bond acceptors (Lipinski definition) is 3. The van der Waals surface area contributed by atoms with E-state index in [4.69, 9.17) is 32.7 Å². The molecule has 0 heterocycles. The molecule has 0 bridgehead atoms. The van der Waals surface area contributed by atoms with Crippen LogP contribution in [0.25, 0.3) is 0 Å². The molecule has 0 aromatic heterocycles. The number of hydrogen-bond donors (Lipinski definition) is 0. The first-order valence-corrected chi connectivity index (χ1v) is 9.27. The molecule has 144 valence electrons. The SMILES string of the molecule is COc1cc(C=Nc2ccc(C)c(Cl)c2)cc(Cl)c1OCc1ccccc1F. The quantitative estimate of drug-likeness (QED) is 0.413. The Kier molecular flexibility index (Phi) is 6.55. The van der Waals surface area contributed by atoms with Crippen LogP contribution in [0.3, 0.4) is 0 Å². The molecular formula is C22H18Cl2FNO2. The lowest BCUT2D eigenvalue weighted by atomic mass is 10.2. The van der Waals surface area contributed by atoms with Crippen LogP contribution in [0.4, 0.5) is 10.1 Å². The van der Waals surface area contributed by atoms with Gasteiger partial charge >= 0.3 is 0 Å². The van der Waals surface area contributed by atoms with Gasteiger partial charge in [-0.25, -0.2) is 4.39 Å². The number of ether oxygens (including phenoxy) is 2. The second kappa shape index (κ2) is 9.09. The first-order chi connectivity index (χ1) is 13.5. The van der Waals surface area contributed by atoms with E-state index in [2.05, 4.69) is 4.99 Å². The molecule has 0 saturated carbocycles. The number of halogens is 3. The van der Waals surface area contributed by atoms with E-state index < -0.39 is 0 Å². The number of methoxy groups -OCH3 is 1. The normalized spacial score (nSPS) is 11.0. The predicted molar refractivity (Wildman–Crippen MR) is 112 cm³/mol. The van der Waals surface area contributed by atoms with Gasteiger partial charge in [-0.2, -0.15) is 0 Å². The van der Waals surface area contributed by atoms with Gasteiger partial charge in [0.05, 0.1) is 17.8 Å². The van der Waals surface area contributed by atoms with Crippen LogP contribution in [-0.2, 0) is 6.61 Å². The fourth-order valence-corrected chi connectivity index (χ4v) is 2.98. The molecule has 0 aliphatic heterocycles. The number of nitrogens with zero attached hydrogens (tertiary/aromatic N) is 1. The van der Waals surface area contributed by atoms with E-state index in [0.29, 0.717) is 27.1 Å². The van der Waals surface area contributed by atoms with E-state index in [1.165, 1.54) is 13.2 Å². The minimum absolute atomic E-state index is 0.0397. The van der Waals surface area contributed by atoms with Crippen LogP contribution in [0, 0.1) is 12.7 Å². The zero-order chi connectivity index (χ0) is 20.1. The van der Waals surface area contributed by atoms with Crippen molar-refractivity contribution < 1.29 is 13.9 Å². The van der Waals surface area contributed by atoms with Crippen LogP contribution in [0.5, 0.6) is 11.5 Å². The molecule has 0 fully saturated rings. The Morgan fingerprint density at radius 2 is 1.82 bits per heavy atom. The van der Waals surface area contributed by atoms with E-state index >= 15 is 0 Å². The molecule has 3 rings (SSSR count). The Hall–Kier alpha value is -2.56. The highest BCUT2D eigenvalue weighted by molar-refractivity contribution is 6.32. The summed E-state index contributed by atoms with van der Waals surface area (Å²) in [6.45, 7) is 1.97. The maximum atomic E-state index is 13.8. The first-order valence-electron chi connectivity index (χ1n) is 8.52. The van der Waals surface area contributed by atoms with Gasteiger partial charge in [-0.15, -0.1) is 0 Å². The van der Waals surface area contributed by atoms with Gasteiger partial charge in [-0.3, -0.25) is 4.99 Å². The number of benzene rings is 3. The summed E-state index contributed by atoms with van der Waals surface area (Å²) in [7, 11) is 1.52. The average Bonchev–Trinajstić information content (AvgIpc) is 2.68. The number of rotatable bonds is 6. The summed E-state index contributed by atoms with van der Waals surface area (Å²) in [6, 6.07) is 15.4. The molecule has 0 unspecified atom stereocenters. The van der Waals surface area contributed by atoms with Crippen LogP contribution in [0.15, 0.2) is 59.6 Å². The molecule has 0 N–H and O–H groups in total. The zero-order valence-electron chi connectivity index (χ0n) is 15.4. The highest BCUT2D eigenvalue weighted by Crippen LogP contribution is 2.37. The maximum Gasteiger partial charge on any atom is 0.180 e. The highest BCUT2D eigenvalue weighted by atomic mass is 35.5. The lowest BCUT2D eigenvalue weighted by Gasteiger charge is -2.13. The number of aryl methyl sites for hydroxylation is 1. The molecule has 28 heavy (non-hydrogen) atoms. The molecule has 6 heteroatoms. The van der Waals surface area contributed by atoms with Gasteiger partial charge in [0.1, 0.15) is 12.4 Å². The second-order valence-electron chi connectivity index (χ2n) is 6.11. The Balaban J connectivity index is 1.81. The molecule has 0 spiro atoms. The molecule has 3 nitrogen and oxygen atoms in total. The molecule has 3 aromatic rings. The van der Waals surface area contributed by atoms with Crippen molar-refractivity contribution in [3.05, 3.63) is 87.2 Å². The van der Waals surface area contributed by atoms with Crippen molar-refractivity contribution in [2.75, 3.05) is 7.11 Å². The Morgan fingerprint density at radius 1 is 1.04 bits per heavy atom. The number of aliphatic imine (C=N–C) groups is 1. The summed E-state index contributed by atoms with van der Waals surface area (Å²) in [6.07, 6.45) is 1.66. The van der Waals surface area contributed by atoms with Gasteiger partial charge in [0, 0.05) is 16.8 Å². The van der Waals surface area contributed by atoms with Crippen molar-refractivity contribution in [1.82, 2.24) is 0 Å². The van der Waals surface area contributed by atoms with Crippen molar-refractivity contribution in [3.8, 4) is 11.5 Å². The van der Waals surface area contributed by atoms with Crippen LogP contribution >= 0.6 is 23.2 Å². The monoisotopic (exact) mass is 417 g/mol. The van der Waals surface area contributed by atoms with Crippen LogP contribution in [0.2, 0.25) is 10.0 Å². The summed E-state index contributed by atoms with van der Waals surface area (Å²) in [5, 5.41) is 1.00. The van der Waals surface area contributed by atoms with E-state index in [0.717, 1.165) is 16.8 Å². The third-order valence-electron chi connectivity index (χ3n) is 4.10. The van der Waals surface area contributed by atoms with Crippen molar-refractivity contribution in [3.63, 3.8) is 0 Å². The summed E-state index contributed by atoms with van der Waals surface area (Å²) < 4.78 is 24.9. The Morgan fingerprint density at radius 3 is 2.54 bits per heavy atom. The maximum absolute atomic E-state index is 13.8. The van der Waals surface area contributed by atoms with E-state index in [1.54, 1.807) is 42.6 Å². The van der Waals surface area contributed by atoms with Crippen LogP contribution in [0.1, 0.15) is 16.7 Å². The van der Waals surface area contributed by atoms with Gasteiger partial charge in [0.2, 0.25) is 0 Å². The van der Waals surface area contributed by atoms with Crippen LogP contribution in [-0.4, -0.2) is 13.3 Å².